The zero-order valence-corrected chi connectivity index (χ0v) is 75.4. The molecule has 116 heavy (non-hydrogen) atoms. The number of nitrogens with zero attached hydrogens (tertiary/aromatic N) is 19. The van der Waals surface area contributed by atoms with Gasteiger partial charge in [-0.15, -0.1) is 26.6 Å². The van der Waals surface area contributed by atoms with E-state index in [-0.39, 0.29) is 5.91 Å². The zero-order chi connectivity index (χ0) is 81.3. The van der Waals surface area contributed by atoms with Crippen molar-refractivity contribution in [3.05, 3.63) is 58.9 Å². The van der Waals surface area contributed by atoms with Crippen molar-refractivity contribution in [2.24, 2.45) is 41.4 Å². The summed E-state index contributed by atoms with van der Waals surface area (Å²) < 4.78 is 5.60. The summed E-state index contributed by atoms with van der Waals surface area (Å²) in [4.78, 5) is 72.1. The predicted octanol–water partition coefficient (Wildman–Crippen LogP) is 13.0. The van der Waals surface area contributed by atoms with Crippen LogP contribution in [0.3, 0.4) is 0 Å². The Morgan fingerprint density at radius 3 is 1.22 bits per heavy atom. The van der Waals surface area contributed by atoms with Crippen molar-refractivity contribution in [2.75, 3.05) is 201 Å². The summed E-state index contributed by atoms with van der Waals surface area (Å²) in [5.74, 6) is 7.05. The lowest BCUT2D eigenvalue weighted by atomic mass is 9.88. The van der Waals surface area contributed by atoms with E-state index in [1.54, 1.807) is 29.6 Å². The fraction of sp³-hybridized carbons (Fsp3) is 0.824. The van der Waals surface area contributed by atoms with Gasteiger partial charge >= 0.3 is 6.01 Å². The van der Waals surface area contributed by atoms with E-state index in [0.717, 1.165) is 110 Å². The van der Waals surface area contributed by atoms with Crippen LogP contribution >= 0.6 is 22.7 Å². The van der Waals surface area contributed by atoms with Gasteiger partial charge in [0.2, 0.25) is 29.2 Å². The summed E-state index contributed by atoms with van der Waals surface area (Å²) in [7, 11) is 15.5. The van der Waals surface area contributed by atoms with Crippen molar-refractivity contribution >= 4 is 57.2 Å². The second-order valence-corrected chi connectivity index (χ2v) is 39.3. The first kappa shape index (κ1) is 90.3. The summed E-state index contributed by atoms with van der Waals surface area (Å²) in [5, 5.41) is 20.8. The van der Waals surface area contributed by atoms with Gasteiger partial charge < -0.3 is 68.1 Å². The minimum Gasteiger partial charge on any atom is -0.408 e. The molecule has 1 aromatic carbocycles. The van der Waals surface area contributed by atoms with E-state index in [2.05, 4.69) is 174 Å². The molecule has 14 saturated heterocycles. The second kappa shape index (κ2) is 46.3. The van der Waals surface area contributed by atoms with Gasteiger partial charge in [-0.05, 0) is 374 Å². The van der Waals surface area contributed by atoms with Gasteiger partial charge in [-0.1, -0.05) is 53.7 Å². The SMILES string of the molecule is CC(=O)N1CCCC1C1CCN(C)CC1.CCC(=O)N1CCCC1C1CCN(C)CC1.CN1CCC(C2CCCN2C=O)CC1.CN1CCC([C@@H]2CCCN2Cc2ccccc2)CC1.CN1CCC([C@@H]2CCCN2c2nccs2)CC1.CN1CCC([C@@H]2CCCN2c2nncs2)CC1.Cc1nnc(N2CCC[C@H]2C2CCN(C)CC2)o1. The quantitative estimate of drug-likeness (QED) is 0.109. The second-order valence-electron chi connectivity index (χ2n) is 37.6. The number of aromatic nitrogens is 5. The fourth-order valence-corrected chi connectivity index (χ4v) is 24.2. The Balaban J connectivity index is 0.000000125. The number of carbonyl (C=O) groups is 3. The number of thiazole rings is 1. The molecule has 14 aliphatic rings. The van der Waals surface area contributed by atoms with Crippen LogP contribution in [0.5, 0.6) is 0 Å². The lowest BCUT2D eigenvalue weighted by Crippen LogP contribution is -2.43. The van der Waals surface area contributed by atoms with E-state index in [4.69, 9.17) is 4.42 Å². The van der Waals surface area contributed by atoms with E-state index >= 15 is 0 Å². The van der Waals surface area contributed by atoms with Gasteiger partial charge in [0.05, 0.1) is 0 Å². The molecule has 0 saturated carbocycles. The number of carbonyl (C=O) groups excluding carboxylic acids is 3. The lowest BCUT2D eigenvalue weighted by molar-refractivity contribution is -0.133. The maximum absolute atomic E-state index is 11.8. The molecule has 14 aliphatic heterocycles. The molecule has 3 aromatic heterocycles. The molecule has 3 unspecified atom stereocenters. The van der Waals surface area contributed by atoms with Crippen LogP contribution in [0.15, 0.2) is 51.8 Å². The lowest BCUT2D eigenvalue weighted by Gasteiger charge is -2.37. The average Bonchev–Trinajstić information content (AvgIpc) is 1.68. The number of hydrogen-bond donors (Lipinski definition) is 0. The molecule has 650 valence electrons. The first-order chi connectivity index (χ1) is 56.5. The molecule has 7 atom stereocenters. The maximum Gasteiger partial charge on any atom is 0.318 e. The molecule has 0 spiro atoms. The van der Waals surface area contributed by atoms with Gasteiger partial charge in [-0.2, -0.15) is 0 Å². The Morgan fingerprint density at radius 2 is 0.793 bits per heavy atom. The Hall–Kier alpha value is -4.96. The highest BCUT2D eigenvalue weighted by molar-refractivity contribution is 7.13. The van der Waals surface area contributed by atoms with Crippen molar-refractivity contribution in [1.82, 2.24) is 79.3 Å². The molecule has 18 rings (SSSR count). The molecule has 0 bridgehead atoms. The monoisotopic (exact) mass is 1640 g/mol. The molecule has 3 amide bonds. The smallest absolute Gasteiger partial charge is 0.318 e. The van der Waals surface area contributed by atoms with Crippen LogP contribution in [0.25, 0.3) is 0 Å². The van der Waals surface area contributed by atoms with E-state index in [1.807, 2.05) is 30.5 Å². The van der Waals surface area contributed by atoms with Gasteiger partial charge in [0.15, 0.2) is 5.13 Å². The highest BCUT2D eigenvalue weighted by Gasteiger charge is 2.42. The molecular formula is C91H155N19O4S2. The van der Waals surface area contributed by atoms with Crippen molar-refractivity contribution in [2.45, 2.75) is 256 Å². The largest absolute Gasteiger partial charge is 0.408 e. The first-order valence-electron chi connectivity index (χ1n) is 46.6. The topological polar surface area (TPSA) is 174 Å². The third-order valence-corrected chi connectivity index (χ3v) is 31.4. The van der Waals surface area contributed by atoms with Crippen LogP contribution in [-0.4, -0.2) is 327 Å². The van der Waals surface area contributed by atoms with E-state index in [9.17, 15) is 14.4 Å². The van der Waals surface area contributed by atoms with E-state index in [0.29, 0.717) is 42.4 Å². The zero-order valence-electron chi connectivity index (χ0n) is 73.8. The third-order valence-electron chi connectivity index (χ3n) is 29.8. The first-order valence-corrected chi connectivity index (χ1v) is 48.3. The highest BCUT2D eigenvalue weighted by atomic mass is 32.1. The van der Waals surface area contributed by atoms with Gasteiger partial charge in [-0.25, -0.2) is 4.98 Å². The molecule has 0 N–H and O–H groups in total. The van der Waals surface area contributed by atoms with E-state index in [1.165, 1.54) is 302 Å². The molecular weight excluding hydrogens is 1490 g/mol. The molecule has 4 aromatic rings. The van der Waals surface area contributed by atoms with Crippen molar-refractivity contribution in [3.63, 3.8) is 0 Å². The normalized spacial score (nSPS) is 28.3. The number of rotatable bonds is 14. The highest BCUT2D eigenvalue weighted by Crippen LogP contribution is 2.40. The Labute approximate surface area is 708 Å². The summed E-state index contributed by atoms with van der Waals surface area (Å²) in [5.41, 5.74) is 3.32. The Kier molecular flexibility index (Phi) is 36.1. The number of piperidine rings is 7. The van der Waals surface area contributed by atoms with Gasteiger partial charge in [0.25, 0.3) is 0 Å². The summed E-state index contributed by atoms with van der Waals surface area (Å²) >= 11 is 3.47. The van der Waals surface area contributed by atoms with Gasteiger partial charge in [0.1, 0.15) is 5.51 Å². The average molecular weight is 1640 g/mol. The number of hydrogen-bond acceptors (Lipinski definition) is 22. The van der Waals surface area contributed by atoms with Crippen molar-refractivity contribution in [1.29, 1.82) is 0 Å². The van der Waals surface area contributed by atoms with Crippen molar-refractivity contribution in [3.8, 4) is 0 Å². The number of aryl methyl sites for hydroxylation is 1. The maximum atomic E-state index is 11.8. The molecule has 25 heteroatoms. The Bertz CT molecular complexity index is 3310. The van der Waals surface area contributed by atoms with Crippen LogP contribution in [0.1, 0.15) is 212 Å². The fourth-order valence-electron chi connectivity index (χ4n) is 22.8. The molecule has 14 fully saturated rings. The van der Waals surface area contributed by atoms with E-state index < -0.39 is 0 Å². The number of likely N-dealkylation sites (tertiary alicyclic amines) is 11. The Morgan fingerprint density at radius 1 is 0.414 bits per heavy atom. The predicted molar refractivity (Wildman–Crippen MR) is 475 cm³/mol. The molecule has 0 aliphatic carbocycles. The minimum atomic E-state index is 0.274. The van der Waals surface area contributed by atoms with Crippen LogP contribution in [0.2, 0.25) is 0 Å². The third kappa shape index (κ3) is 25.8. The summed E-state index contributed by atoms with van der Waals surface area (Å²) in [6.07, 6.45) is 40.1. The number of benzene rings is 1. The van der Waals surface area contributed by atoms with Crippen LogP contribution < -0.4 is 14.7 Å². The van der Waals surface area contributed by atoms with Crippen LogP contribution in [-0.2, 0) is 20.9 Å². The summed E-state index contributed by atoms with van der Waals surface area (Å²) in [6.45, 7) is 31.7. The minimum absolute atomic E-state index is 0.274. The standard InChI is InChI=1S/C17H26N2.C13H22N4O.C13H21N3S.C13H24N2O.C12H20N4S.C12H22N2O.C11H20N2O/c1-18-12-9-16(10-13-18)17-8-5-11-19(17)14-15-6-3-2-4-7-15;1-10-14-15-13(18-10)17-7-3-4-12(17)11-5-8-16(2)9-6-11;1-15-8-4-11(5-9-15)12-3-2-7-16(12)13-14-6-10-17-13;1-3-13(16)15-8-4-5-12(15)11-6-9-14(2)10-7-11;1-15-7-4-10(5-8-15)11-3-2-6-16(11)12-14-13-9-17-12;1-10(15)14-7-3-4-12(14)11-5-8-13(2)9-6-11;1-12-7-4-10(5-8-12)11-3-2-6-13(11)9-14/h2-4,6-7,16-17H,5,8-14H2,1H3;11-12H,3-9H2,1-2H3;6,10-12H,2-5,7-9H2,1H3;11-12H,3-10H2,1-2H3;9-11H,2-8H2,1H3;11-12H,3-9H2,1-2H3;9-11H,2-8H2,1H3/t17-;2*12-;;11-;;/m000.0../s1. The molecule has 23 nitrogen and oxygen atoms in total. The number of amides is 3. The van der Waals surface area contributed by atoms with Crippen LogP contribution in [0.4, 0.5) is 16.3 Å². The van der Waals surface area contributed by atoms with Gasteiger partial charge in [-0.3, -0.25) is 19.3 Å². The summed E-state index contributed by atoms with van der Waals surface area (Å²) in [6, 6.07) is 16.3. The van der Waals surface area contributed by atoms with Crippen molar-refractivity contribution < 1.29 is 18.8 Å². The molecule has 0 radical (unpaired) electrons. The van der Waals surface area contributed by atoms with Gasteiger partial charge in [0, 0.05) is 120 Å². The van der Waals surface area contributed by atoms with Crippen LogP contribution in [0, 0.1) is 48.3 Å². The number of anilines is 3. The molecule has 17 heterocycles.